The predicted octanol–water partition coefficient (Wildman–Crippen LogP) is 4.01. The van der Waals surface area contributed by atoms with Crippen molar-refractivity contribution >= 4 is 38.1 Å². The number of carbonyl (C=O) groups excluding carboxylic acids is 1. The number of hydrogen-bond donors (Lipinski definition) is 2. The molecule has 180 valence electrons. The van der Waals surface area contributed by atoms with Gasteiger partial charge < -0.3 is 15.0 Å². The van der Waals surface area contributed by atoms with E-state index in [4.69, 9.17) is 4.74 Å². The summed E-state index contributed by atoms with van der Waals surface area (Å²) in [5.74, 6) is -0.258. The molecule has 3 aromatic rings. The second kappa shape index (κ2) is 10.5. The number of carbonyl (C=O) groups is 1. The Kier molecular flexibility index (Phi) is 7.50. The van der Waals surface area contributed by atoms with Crippen LogP contribution in [0.1, 0.15) is 20.3 Å². The molecule has 1 atom stereocenters. The van der Waals surface area contributed by atoms with Crippen LogP contribution >= 0.6 is 0 Å². The molecule has 4 rings (SSSR count). The van der Waals surface area contributed by atoms with Gasteiger partial charge in [-0.3, -0.25) is 4.79 Å². The van der Waals surface area contributed by atoms with E-state index >= 15 is 0 Å². The molecule has 2 N–H and O–H groups in total. The number of morpholine rings is 1. The Morgan fingerprint density at radius 3 is 2.35 bits per heavy atom. The lowest BCUT2D eigenvalue weighted by molar-refractivity contribution is -0.118. The number of nitrogens with one attached hydrogen (secondary N) is 2. The maximum Gasteiger partial charge on any atom is 0.242 e. The van der Waals surface area contributed by atoms with Gasteiger partial charge in [-0.15, -0.1) is 0 Å². The third-order valence-corrected chi connectivity index (χ3v) is 7.40. The summed E-state index contributed by atoms with van der Waals surface area (Å²) in [4.78, 5) is 15.5. The molecule has 0 spiro atoms. The highest BCUT2D eigenvalue weighted by molar-refractivity contribution is 7.89. The smallest absolute Gasteiger partial charge is 0.242 e. The maximum atomic E-state index is 13.3. The molecule has 0 unspecified atom stereocenters. The van der Waals surface area contributed by atoms with Crippen molar-refractivity contribution in [1.82, 2.24) is 4.72 Å². The first-order chi connectivity index (χ1) is 16.3. The molecule has 3 aromatic carbocycles. The van der Waals surface area contributed by atoms with Crippen molar-refractivity contribution in [2.75, 3.05) is 36.5 Å². The Balaban J connectivity index is 1.51. The van der Waals surface area contributed by atoms with Crippen molar-refractivity contribution in [1.29, 1.82) is 0 Å². The Hall–Kier alpha value is -2.94. The van der Waals surface area contributed by atoms with E-state index in [0.29, 0.717) is 30.7 Å². The van der Waals surface area contributed by atoms with Crippen LogP contribution in [0.2, 0.25) is 0 Å². The highest BCUT2D eigenvalue weighted by atomic mass is 32.2. The van der Waals surface area contributed by atoms with Crippen molar-refractivity contribution < 1.29 is 17.9 Å². The van der Waals surface area contributed by atoms with Gasteiger partial charge in [0, 0.05) is 29.9 Å². The molecule has 1 fully saturated rings. The highest BCUT2D eigenvalue weighted by Gasteiger charge is 2.27. The van der Waals surface area contributed by atoms with Crippen LogP contribution in [0.25, 0.3) is 10.8 Å². The minimum atomic E-state index is -3.92. The Morgan fingerprint density at radius 1 is 0.971 bits per heavy atom. The van der Waals surface area contributed by atoms with Crippen LogP contribution in [0, 0.1) is 5.92 Å². The maximum absolute atomic E-state index is 13.3. The van der Waals surface area contributed by atoms with Gasteiger partial charge in [0.2, 0.25) is 15.9 Å². The van der Waals surface area contributed by atoms with E-state index in [1.54, 1.807) is 24.3 Å². The van der Waals surface area contributed by atoms with Gasteiger partial charge in [-0.2, -0.15) is 4.72 Å². The van der Waals surface area contributed by atoms with Gasteiger partial charge in [-0.25, -0.2) is 8.42 Å². The molecule has 0 aromatic heterocycles. The fourth-order valence-electron chi connectivity index (χ4n) is 4.17. The molecule has 0 saturated carbocycles. The van der Waals surface area contributed by atoms with Crippen molar-refractivity contribution in [3.05, 3.63) is 66.7 Å². The topological polar surface area (TPSA) is 87.7 Å². The Labute approximate surface area is 201 Å². The SMILES string of the molecule is CC(C)C[C@H](NS(=O)(=O)c1cccc2ccccc12)C(=O)Nc1ccc(N2CCOCC2)cc1. The zero-order valence-electron chi connectivity index (χ0n) is 19.5. The molecular formula is C26H31N3O4S. The van der Waals surface area contributed by atoms with Crippen LogP contribution in [0.5, 0.6) is 0 Å². The quantitative estimate of drug-likeness (QED) is 0.508. The zero-order valence-corrected chi connectivity index (χ0v) is 20.3. The number of sulfonamides is 1. The van der Waals surface area contributed by atoms with Gasteiger partial charge in [-0.05, 0) is 48.1 Å². The second-order valence-electron chi connectivity index (χ2n) is 8.92. The number of anilines is 2. The van der Waals surface area contributed by atoms with Crippen molar-refractivity contribution in [3.63, 3.8) is 0 Å². The van der Waals surface area contributed by atoms with Crippen molar-refractivity contribution in [2.24, 2.45) is 5.92 Å². The summed E-state index contributed by atoms with van der Waals surface area (Å²) in [6.45, 7) is 6.99. The summed E-state index contributed by atoms with van der Waals surface area (Å²) >= 11 is 0. The van der Waals surface area contributed by atoms with E-state index in [-0.39, 0.29) is 16.7 Å². The third kappa shape index (κ3) is 5.75. The average molecular weight is 482 g/mol. The fourth-order valence-corrected chi connectivity index (χ4v) is 5.61. The lowest BCUT2D eigenvalue weighted by atomic mass is 10.0. The van der Waals surface area contributed by atoms with Gasteiger partial charge in [-0.1, -0.05) is 50.2 Å². The number of ether oxygens (including phenoxy) is 1. The molecule has 0 aliphatic carbocycles. The fraction of sp³-hybridized carbons (Fsp3) is 0.346. The molecule has 34 heavy (non-hydrogen) atoms. The number of fused-ring (bicyclic) bond motifs is 1. The van der Waals surface area contributed by atoms with Crippen LogP contribution in [-0.2, 0) is 19.6 Å². The molecule has 0 radical (unpaired) electrons. The summed E-state index contributed by atoms with van der Waals surface area (Å²) in [5, 5.41) is 4.33. The number of benzene rings is 3. The molecular weight excluding hydrogens is 450 g/mol. The van der Waals surface area contributed by atoms with Gasteiger partial charge in [0.15, 0.2) is 0 Å². The van der Waals surface area contributed by atoms with E-state index in [0.717, 1.165) is 24.2 Å². The summed E-state index contributed by atoms with van der Waals surface area (Å²) in [5.41, 5.74) is 1.69. The molecule has 8 heteroatoms. The van der Waals surface area contributed by atoms with Crippen molar-refractivity contribution in [2.45, 2.75) is 31.2 Å². The largest absolute Gasteiger partial charge is 0.378 e. The van der Waals surface area contributed by atoms with Crippen LogP contribution in [-0.4, -0.2) is 46.7 Å². The minimum absolute atomic E-state index is 0.120. The van der Waals surface area contributed by atoms with E-state index in [1.165, 1.54) is 0 Å². The van der Waals surface area contributed by atoms with E-state index in [1.807, 2.05) is 56.3 Å². The van der Waals surface area contributed by atoms with Gasteiger partial charge in [0.05, 0.1) is 18.1 Å². The van der Waals surface area contributed by atoms with Crippen molar-refractivity contribution in [3.8, 4) is 0 Å². The first-order valence-electron chi connectivity index (χ1n) is 11.6. The molecule has 1 amide bonds. The number of hydrogen-bond acceptors (Lipinski definition) is 5. The second-order valence-corrected chi connectivity index (χ2v) is 10.6. The van der Waals surface area contributed by atoms with Gasteiger partial charge >= 0.3 is 0 Å². The number of nitrogens with zero attached hydrogens (tertiary/aromatic N) is 1. The summed E-state index contributed by atoms with van der Waals surface area (Å²) in [6.07, 6.45) is 0.377. The van der Waals surface area contributed by atoms with Crippen LogP contribution in [0.4, 0.5) is 11.4 Å². The highest BCUT2D eigenvalue weighted by Crippen LogP contribution is 2.24. The molecule has 1 heterocycles. The van der Waals surface area contributed by atoms with Gasteiger partial charge in [0.25, 0.3) is 0 Å². The van der Waals surface area contributed by atoms with E-state index in [9.17, 15) is 13.2 Å². The van der Waals surface area contributed by atoms with Crippen LogP contribution < -0.4 is 14.9 Å². The molecule has 1 aliphatic heterocycles. The first kappa shape index (κ1) is 24.2. The van der Waals surface area contributed by atoms with Crippen LogP contribution in [0.15, 0.2) is 71.6 Å². The standard InChI is InChI=1S/C26H31N3O4S/c1-19(2)18-24(28-34(31,32)25-9-5-7-20-6-3-4-8-23(20)25)26(30)27-21-10-12-22(13-11-21)29-14-16-33-17-15-29/h3-13,19,24,28H,14-18H2,1-2H3,(H,27,30)/t24-/m0/s1. The number of amides is 1. The number of rotatable bonds is 8. The molecule has 1 aliphatic rings. The first-order valence-corrected chi connectivity index (χ1v) is 13.1. The third-order valence-electron chi connectivity index (χ3n) is 5.87. The molecule has 7 nitrogen and oxygen atoms in total. The average Bonchev–Trinajstić information content (AvgIpc) is 2.84. The van der Waals surface area contributed by atoms with Crippen LogP contribution in [0.3, 0.4) is 0 Å². The Bertz CT molecular complexity index is 1230. The van der Waals surface area contributed by atoms with E-state index < -0.39 is 16.1 Å². The summed E-state index contributed by atoms with van der Waals surface area (Å²) in [7, 11) is -3.92. The lowest BCUT2D eigenvalue weighted by Crippen LogP contribution is -2.44. The van der Waals surface area contributed by atoms with Gasteiger partial charge in [0.1, 0.15) is 6.04 Å². The lowest BCUT2D eigenvalue weighted by Gasteiger charge is -2.29. The summed E-state index contributed by atoms with van der Waals surface area (Å²) < 4.78 is 34.7. The van der Waals surface area contributed by atoms with E-state index in [2.05, 4.69) is 14.9 Å². The monoisotopic (exact) mass is 481 g/mol. The minimum Gasteiger partial charge on any atom is -0.378 e. The molecule has 0 bridgehead atoms. The normalized spacial score (nSPS) is 15.4. The zero-order chi connectivity index (χ0) is 24.1. The Morgan fingerprint density at radius 2 is 1.65 bits per heavy atom. The predicted molar refractivity (Wildman–Crippen MR) is 136 cm³/mol. The molecule has 1 saturated heterocycles. The summed E-state index contributed by atoms with van der Waals surface area (Å²) in [6, 6.07) is 19.2.